The molecule has 3 heterocycles. The van der Waals surface area contributed by atoms with Crippen LogP contribution in [0.15, 0.2) is 24.5 Å². The molecule has 1 N–H and O–H groups in total. The molecule has 1 aromatic rings. The minimum atomic E-state index is -0.136. The lowest BCUT2D eigenvalue weighted by Gasteiger charge is -2.53. The lowest BCUT2D eigenvalue weighted by Crippen LogP contribution is -2.69. The summed E-state index contributed by atoms with van der Waals surface area (Å²) in [5.41, 5.74) is 0.550. The first-order chi connectivity index (χ1) is 9.20. The Hall–Kier alpha value is -1.95. The largest absolute Gasteiger partial charge is 0.394 e. The topological polar surface area (TPSA) is 73.7 Å². The molecule has 0 bridgehead atoms. The lowest BCUT2D eigenvalue weighted by molar-refractivity contribution is -0.155. The number of nitrogens with zero attached hydrogens (tertiary/aromatic N) is 3. The van der Waals surface area contributed by atoms with Crippen molar-refractivity contribution in [1.29, 1.82) is 0 Å². The monoisotopic (exact) mass is 261 g/mol. The van der Waals surface area contributed by atoms with Gasteiger partial charge in [-0.2, -0.15) is 0 Å². The van der Waals surface area contributed by atoms with Crippen molar-refractivity contribution >= 4 is 11.8 Å². The Balaban J connectivity index is 1.72. The van der Waals surface area contributed by atoms with Gasteiger partial charge in [0, 0.05) is 24.5 Å². The van der Waals surface area contributed by atoms with Crippen LogP contribution in [0, 0.1) is 0 Å². The molecule has 6 heteroatoms. The zero-order valence-corrected chi connectivity index (χ0v) is 10.4. The molecule has 2 aliphatic heterocycles. The number of carbonyl (C=O) groups excluding carboxylic acids is 2. The summed E-state index contributed by atoms with van der Waals surface area (Å²) >= 11 is 0. The van der Waals surface area contributed by atoms with Gasteiger partial charge in [-0.25, -0.2) is 0 Å². The summed E-state index contributed by atoms with van der Waals surface area (Å²) in [4.78, 5) is 31.4. The average Bonchev–Trinajstić information content (AvgIpc) is 2.40. The molecule has 0 aliphatic carbocycles. The van der Waals surface area contributed by atoms with E-state index in [1.807, 2.05) is 0 Å². The van der Waals surface area contributed by atoms with Crippen molar-refractivity contribution in [3.63, 3.8) is 0 Å². The van der Waals surface area contributed by atoms with E-state index in [9.17, 15) is 9.59 Å². The van der Waals surface area contributed by atoms with Crippen LogP contribution in [0.3, 0.4) is 0 Å². The molecule has 0 radical (unpaired) electrons. The first kappa shape index (κ1) is 12.1. The first-order valence-electron chi connectivity index (χ1n) is 6.32. The lowest BCUT2D eigenvalue weighted by atomic mass is 9.90. The van der Waals surface area contributed by atoms with Crippen molar-refractivity contribution in [3.8, 4) is 0 Å². The summed E-state index contributed by atoms with van der Waals surface area (Å²) in [5, 5.41) is 9.11. The summed E-state index contributed by atoms with van der Waals surface area (Å²) in [6.07, 6.45) is 3.90. The maximum absolute atomic E-state index is 12.3. The number of aliphatic hydroxyl groups is 1. The van der Waals surface area contributed by atoms with E-state index in [1.54, 1.807) is 34.3 Å². The molecular formula is C13H15N3O3. The summed E-state index contributed by atoms with van der Waals surface area (Å²) in [5.74, 6) is -0.216. The van der Waals surface area contributed by atoms with Crippen LogP contribution in [0.1, 0.15) is 16.8 Å². The number of aromatic nitrogens is 1. The van der Waals surface area contributed by atoms with Gasteiger partial charge in [-0.1, -0.05) is 0 Å². The Morgan fingerprint density at radius 2 is 2.16 bits per heavy atom. The SMILES string of the molecule is O=C(c1ccncc1)N1CC(=O)N2C(CO)CC2C1. The molecule has 2 unspecified atom stereocenters. The van der Waals surface area contributed by atoms with Gasteiger partial charge in [0.2, 0.25) is 5.91 Å². The highest BCUT2D eigenvalue weighted by Crippen LogP contribution is 2.30. The third-order valence-electron chi connectivity index (χ3n) is 3.80. The maximum atomic E-state index is 12.3. The van der Waals surface area contributed by atoms with E-state index < -0.39 is 0 Å². The molecule has 2 aliphatic rings. The van der Waals surface area contributed by atoms with Gasteiger partial charge >= 0.3 is 0 Å². The number of rotatable bonds is 2. The van der Waals surface area contributed by atoms with Crippen LogP contribution < -0.4 is 0 Å². The van der Waals surface area contributed by atoms with Gasteiger partial charge in [0.25, 0.3) is 5.91 Å². The summed E-state index contributed by atoms with van der Waals surface area (Å²) in [7, 11) is 0. The third kappa shape index (κ3) is 1.98. The number of piperazine rings is 1. The molecular weight excluding hydrogens is 246 g/mol. The number of fused-ring (bicyclic) bond motifs is 1. The van der Waals surface area contributed by atoms with Gasteiger partial charge in [0.1, 0.15) is 6.54 Å². The second-order valence-corrected chi connectivity index (χ2v) is 4.95. The number of hydrogen-bond donors (Lipinski definition) is 1. The van der Waals surface area contributed by atoms with Gasteiger partial charge in [0.05, 0.1) is 18.7 Å². The minimum Gasteiger partial charge on any atom is -0.394 e. The summed E-state index contributed by atoms with van der Waals surface area (Å²) < 4.78 is 0. The van der Waals surface area contributed by atoms with E-state index in [4.69, 9.17) is 5.11 Å². The van der Waals surface area contributed by atoms with Crippen molar-refractivity contribution in [1.82, 2.24) is 14.8 Å². The van der Waals surface area contributed by atoms with Crippen LogP contribution in [0.2, 0.25) is 0 Å². The number of carbonyl (C=O) groups is 2. The van der Waals surface area contributed by atoms with Crippen LogP contribution in [-0.2, 0) is 4.79 Å². The van der Waals surface area contributed by atoms with Crippen molar-refractivity contribution < 1.29 is 14.7 Å². The van der Waals surface area contributed by atoms with Gasteiger partial charge in [-0.3, -0.25) is 14.6 Å². The second-order valence-electron chi connectivity index (χ2n) is 4.95. The highest BCUT2D eigenvalue weighted by atomic mass is 16.3. The molecule has 2 amide bonds. The molecule has 0 spiro atoms. The molecule has 2 atom stereocenters. The highest BCUT2D eigenvalue weighted by Gasteiger charge is 2.46. The Bertz CT molecular complexity index is 505. The number of aliphatic hydroxyl groups excluding tert-OH is 1. The molecule has 100 valence electrons. The van der Waals surface area contributed by atoms with E-state index in [0.29, 0.717) is 12.1 Å². The van der Waals surface area contributed by atoms with Crippen LogP contribution in [0.5, 0.6) is 0 Å². The predicted octanol–water partition coefficient (Wildman–Crippen LogP) is -0.501. The second kappa shape index (κ2) is 4.62. The van der Waals surface area contributed by atoms with Crippen LogP contribution in [0.25, 0.3) is 0 Å². The van der Waals surface area contributed by atoms with Crippen LogP contribution in [-0.4, -0.2) is 63.5 Å². The molecule has 2 fully saturated rings. The minimum absolute atomic E-state index is 0.000537. The Kier molecular flexibility index (Phi) is 2.94. The predicted molar refractivity (Wildman–Crippen MR) is 66.3 cm³/mol. The molecule has 19 heavy (non-hydrogen) atoms. The molecule has 3 rings (SSSR count). The van der Waals surface area contributed by atoms with E-state index in [0.717, 1.165) is 6.42 Å². The smallest absolute Gasteiger partial charge is 0.254 e. The van der Waals surface area contributed by atoms with Gasteiger partial charge < -0.3 is 14.9 Å². The fourth-order valence-corrected chi connectivity index (χ4v) is 2.83. The number of pyridine rings is 1. The number of amides is 2. The average molecular weight is 261 g/mol. The fourth-order valence-electron chi connectivity index (χ4n) is 2.83. The van der Waals surface area contributed by atoms with Crippen molar-refractivity contribution in [2.24, 2.45) is 0 Å². The van der Waals surface area contributed by atoms with E-state index >= 15 is 0 Å². The highest BCUT2D eigenvalue weighted by molar-refractivity contribution is 5.97. The Labute approximate surface area is 110 Å². The summed E-state index contributed by atoms with van der Waals surface area (Å²) in [6, 6.07) is 3.30. The molecule has 0 saturated carbocycles. The first-order valence-corrected chi connectivity index (χ1v) is 6.32. The zero-order chi connectivity index (χ0) is 13.4. The van der Waals surface area contributed by atoms with Crippen molar-refractivity contribution in [2.75, 3.05) is 19.7 Å². The molecule has 2 saturated heterocycles. The van der Waals surface area contributed by atoms with E-state index in [1.165, 1.54) is 0 Å². The molecule has 1 aromatic heterocycles. The van der Waals surface area contributed by atoms with E-state index in [-0.39, 0.29) is 37.0 Å². The quantitative estimate of drug-likeness (QED) is 0.779. The molecule has 0 aromatic carbocycles. The van der Waals surface area contributed by atoms with Crippen LogP contribution in [0.4, 0.5) is 0 Å². The third-order valence-corrected chi connectivity index (χ3v) is 3.80. The number of hydrogen-bond acceptors (Lipinski definition) is 4. The van der Waals surface area contributed by atoms with Crippen molar-refractivity contribution in [3.05, 3.63) is 30.1 Å². The van der Waals surface area contributed by atoms with E-state index in [2.05, 4.69) is 4.98 Å². The maximum Gasteiger partial charge on any atom is 0.254 e. The molecule has 6 nitrogen and oxygen atoms in total. The Morgan fingerprint density at radius 3 is 2.79 bits per heavy atom. The van der Waals surface area contributed by atoms with Gasteiger partial charge in [0.15, 0.2) is 0 Å². The van der Waals surface area contributed by atoms with Crippen molar-refractivity contribution in [2.45, 2.75) is 18.5 Å². The standard InChI is InChI=1S/C13H15N3O3/c17-8-11-5-10-6-15(7-12(18)16(10)11)13(19)9-1-3-14-4-2-9/h1-4,10-11,17H,5-8H2. The van der Waals surface area contributed by atoms with Gasteiger partial charge in [-0.05, 0) is 18.6 Å². The van der Waals surface area contributed by atoms with Crippen LogP contribution >= 0.6 is 0 Å². The Morgan fingerprint density at radius 1 is 1.42 bits per heavy atom. The normalized spacial score (nSPS) is 25.8. The summed E-state index contributed by atoms with van der Waals surface area (Å²) in [6.45, 7) is 0.637. The zero-order valence-electron chi connectivity index (χ0n) is 10.4. The fraction of sp³-hybridized carbons (Fsp3) is 0.462. The van der Waals surface area contributed by atoms with Gasteiger partial charge in [-0.15, -0.1) is 0 Å².